The van der Waals surface area contributed by atoms with Gasteiger partial charge >= 0.3 is 0 Å². The van der Waals surface area contributed by atoms with Crippen LogP contribution >= 0.6 is 31.9 Å². The highest BCUT2D eigenvalue weighted by Gasteiger charge is 2.13. The van der Waals surface area contributed by atoms with Crippen LogP contribution in [0.2, 0.25) is 0 Å². The lowest BCUT2D eigenvalue weighted by atomic mass is 10.2. The first-order chi connectivity index (χ1) is 22.9. The van der Waals surface area contributed by atoms with Gasteiger partial charge in [0.25, 0.3) is 0 Å². The molecule has 2 heterocycles. The number of benzene rings is 2. The average Bonchev–Trinajstić information content (AvgIpc) is 3.03. The minimum Gasteiger partial charge on any atom is -0.411 e. The zero-order valence-electron chi connectivity index (χ0n) is 26.5. The molecule has 17 nitrogen and oxygen atoms in total. The lowest BCUT2D eigenvalue weighted by Crippen LogP contribution is -2.24. The van der Waals surface area contributed by atoms with Gasteiger partial charge in [0.05, 0.1) is 36.5 Å². The summed E-state index contributed by atoms with van der Waals surface area (Å²) in [6, 6.07) is 11.4. The summed E-state index contributed by atoms with van der Waals surface area (Å²) < 4.78 is 46.3. The standard InChI is InChI=1S/C14H17BrN6O3S.C14H17BrN6O2S/c1-8(9(2)21-22)18-13-12(15)7-17-14(20-13)19-10-3-5-11(6-4-10)25(16,23)24;1-8(16)9(2)19-13-12(15)7-18-14(21-13)20-10-3-5-11(6-4-10)24(17,22)23/h3-8,22H,1-2H3,(H2,16,23,24)(H2,17,18,19,20);3-7,9,16H,1-2H3,(H2,17,22,23)(H2,18,19,20,21). The average molecular weight is 843 g/mol. The molecule has 2 aromatic carbocycles. The topological polar surface area (TPSA) is 276 Å². The number of hydrogen-bond donors (Lipinski definition) is 8. The van der Waals surface area contributed by atoms with Crippen molar-refractivity contribution in [1.82, 2.24) is 19.9 Å². The van der Waals surface area contributed by atoms with E-state index in [4.69, 9.17) is 20.9 Å². The van der Waals surface area contributed by atoms with Crippen molar-refractivity contribution in [2.24, 2.45) is 15.4 Å². The van der Waals surface area contributed by atoms with E-state index in [2.05, 4.69) is 78.2 Å². The smallest absolute Gasteiger partial charge is 0.238 e. The molecule has 2 atom stereocenters. The van der Waals surface area contributed by atoms with Crippen LogP contribution in [-0.4, -0.2) is 65.5 Å². The van der Waals surface area contributed by atoms with Gasteiger partial charge in [-0.2, -0.15) is 9.97 Å². The number of nitrogens with zero attached hydrogens (tertiary/aromatic N) is 5. The predicted molar refractivity (Wildman–Crippen MR) is 196 cm³/mol. The van der Waals surface area contributed by atoms with Gasteiger partial charge in [-0.3, -0.25) is 0 Å². The number of primary sulfonamides is 2. The zero-order chi connectivity index (χ0) is 36.5. The summed E-state index contributed by atoms with van der Waals surface area (Å²) in [6.45, 7) is 7.07. The van der Waals surface area contributed by atoms with Crippen LogP contribution in [0.1, 0.15) is 27.7 Å². The number of sulfonamides is 2. The van der Waals surface area contributed by atoms with Gasteiger partial charge in [0.2, 0.25) is 31.9 Å². The maximum atomic E-state index is 11.3. The van der Waals surface area contributed by atoms with Gasteiger partial charge in [0.1, 0.15) is 11.6 Å². The number of hydrogen-bond acceptors (Lipinski definition) is 15. The number of nitrogens with one attached hydrogen (secondary N) is 5. The molecule has 0 radical (unpaired) electrons. The van der Waals surface area contributed by atoms with Crippen molar-refractivity contribution in [2.45, 2.75) is 49.6 Å². The van der Waals surface area contributed by atoms with Crippen LogP contribution in [-0.2, 0) is 20.0 Å². The number of halogens is 2. The Balaban J connectivity index is 0.000000266. The van der Waals surface area contributed by atoms with E-state index in [1.807, 2.05) is 13.8 Å². The molecule has 0 amide bonds. The van der Waals surface area contributed by atoms with Gasteiger partial charge in [-0.05, 0) is 108 Å². The van der Waals surface area contributed by atoms with Gasteiger partial charge in [-0.25, -0.2) is 37.1 Å². The van der Waals surface area contributed by atoms with Crippen LogP contribution in [0.4, 0.5) is 34.9 Å². The third-order valence-corrected chi connectivity index (χ3v) is 9.53. The van der Waals surface area contributed by atoms with Crippen LogP contribution in [0.5, 0.6) is 0 Å². The second-order valence-corrected chi connectivity index (χ2v) is 15.2. The third-order valence-electron chi connectivity index (χ3n) is 6.51. The molecular formula is C28H34Br2N12O5S2. The molecule has 49 heavy (non-hydrogen) atoms. The fraction of sp³-hybridized carbons (Fsp3) is 0.214. The number of aromatic nitrogens is 4. The van der Waals surface area contributed by atoms with Crippen molar-refractivity contribution >= 4 is 98.2 Å². The van der Waals surface area contributed by atoms with Gasteiger partial charge < -0.3 is 31.9 Å². The minimum absolute atomic E-state index is 0.0183. The molecular weight excluding hydrogens is 808 g/mol. The Morgan fingerprint density at radius 2 is 1.12 bits per heavy atom. The first-order valence-corrected chi connectivity index (χ1v) is 18.7. The van der Waals surface area contributed by atoms with E-state index in [1.165, 1.54) is 24.3 Å². The summed E-state index contributed by atoms with van der Waals surface area (Å²) in [6.07, 6.45) is 3.15. The third kappa shape index (κ3) is 12.0. The highest BCUT2D eigenvalue weighted by molar-refractivity contribution is 9.11. The molecule has 0 aliphatic rings. The molecule has 0 aliphatic heterocycles. The molecule has 2 aromatic heterocycles. The first kappa shape index (κ1) is 39.2. The number of oxime groups is 1. The van der Waals surface area contributed by atoms with E-state index in [1.54, 1.807) is 50.5 Å². The van der Waals surface area contributed by atoms with E-state index >= 15 is 0 Å². The fourth-order valence-electron chi connectivity index (χ4n) is 3.48. The summed E-state index contributed by atoms with van der Waals surface area (Å²) in [7, 11) is -7.46. The van der Waals surface area contributed by atoms with Crippen LogP contribution in [0.3, 0.4) is 0 Å². The molecule has 0 fully saturated rings. The monoisotopic (exact) mass is 840 g/mol. The SMILES string of the molecule is CC(=N)C(C)Nc1nc(Nc2ccc(S(N)(=O)=O)cc2)ncc1Br.CC(=NO)C(C)Nc1nc(Nc2ccc(S(N)(=O)=O)cc2)ncc1Br. The van der Waals surface area contributed by atoms with Crippen molar-refractivity contribution in [3.8, 4) is 0 Å². The summed E-state index contributed by atoms with van der Waals surface area (Å²) in [5.74, 6) is 1.70. The molecule has 4 rings (SSSR count). The van der Waals surface area contributed by atoms with Crippen molar-refractivity contribution < 1.29 is 22.0 Å². The molecule has 0 aliphatic carbocycles. The molecule has 10 N–H and O–H groups in total. The highest BCUT2D eigenvalue weighted by atomic mass is 79.9. The summed E-state index contributed by atoms with van der Waals surface area (Å²) >= 11 is 6.71. The van der Waals surface area contributed by atoms with E-state index in [0.717, 1.165) is 0 Å². The molecule has 4 aromatic rings. The van der Waals surface area contributed by atoms with Crippen LogP contribution in [0.15, 0.2) is 84.8 Å². The molecule has 0 bridgehead atoms. The maximum absolute atomic E-state index is 11.3. The largest absolute Gasteiger partial charge is 0.411 e. The van der Waals surface area contributed by atoms with Crippen LogP contribution < -0.4 is 31.5 Å². The van der Waals surface area contributed by atoms with E-state index < -0.39 is 20.0 Å². The first-order valence-electron chi connectivity index (χ1n) is 14.0. The lowest BCUT2D eigenvalue weighted by molar-refractivity contribution is 0.317. The van der Waals surface area contributed by atoms with E-state index in [0.29, 0.717) is 55.3 Å². The van der Waals surface area contributed by atoms with Crippen molar-refractivity contribution in [3.63, 3.8) is 0 Å². The van der Waals surface area contributed by atoms with E-state index in [-0.39, 0.29) is 21.9 Å². The van der Waals surface area contributed by atoms with Gasteiger partial charge in [0.15, 0.2) is 0 Å². The van der Waals surface area contributed by atoms with Crippen LogP contribution in [0.25, 0.3) is 0 Å². The molecule has 2 unspecified atom stereocenters. The molecule has 21 heteroatoms. The molecule has 0 saturated heterocycles. The Labute approximate surface area is 300 Å². The summed E-state index contributed by atoms with van der Waals surface area (Å²) in [5.41, 5.74) is 2.20. The van der Waals surface area contributed by atoms with Crippen molar-refractivity contribution in [3.05, 3.63) is 69.9 Å². The number of rotatable bonds is 12. The Morgan fingerprint density at radius 1 is 0.755 bits per heavy atom. The van der Waals surface area contributed by atoms with Crippen molar-refractivity contribution in [2.75, 3.05) is 21.3 Å². The van der Waals surface area contributed by atoms with E-state index in [9.17, 15) is 16.8 Å². The zero-order valence-corrected chi connectivity index (χ0v) is 31.3. The summed E-state index contributed by atoms with van der Waals surface area (Å²) in [4.78, 5) is 17.0. The lowest BCUT2D eigenvalue weighted by Gasteiger charge is -2.15. The Hall–Kier alpha value is -4.28. The van der Waals surface area contributed by atoms with Gasteiger partial charge in [-0.1, -0.05) is 5.16 Å². The summed E-state index contributed by atoms with van der Waals surface area (Å²) in [5, 5.41) is 41.9. The number of anilines is 6. The number of nitrogens with two attached hydrogens (primary N) is 2. The highest BCUT2D eigenvalue weighted by Crippen LogP contribution is 2.25. The fourth-order valence-corrected chi connectivity index (χ4v) is 5.12. The Morgan fingerprint density at radius 3 is 1.45 bits per heavy atom. The maximum Gasteiger partial charge on any atom is 0.238 e. The quantitative estimate of drug-likeness (QED) is 0.0544. The second-order valence-electron chi connectivity index (χ2n) is 10.3. The van der Waals surface area contributed by atoms with Gasteiger partial charge in [0, 0.05) is 29.5 Å². The molecule has 0 spiro atoms. The Bertz CT molecular complexity index is 2030. The Kier molecular flexibility index (Phi) is 13.5. The van der Waals surface area contributed by atoms with Gasteiger partial charge in [-0.15, -0.1) is 0 Å². The van der Waals surface area contributed by atoms with Crippen LogP contribution in [0, 0.1) is 5.41 Å². The minimum atomic E-state index is -3.74. The molecule has 0 saturated carbocycles. The van der Waals surface area contributed by atoms with Crippen molar-refractivity contribution in [1.29, 1.82) is 5.41 Å². The molecule has 262 valence electrons. The second kappa shape index (κ2) is 16.9. The normalized spacial score (nSPS) is 12.9. The predicted octanol–water partition coefficient (Wildman–Crippen LogP) is 4.75.